The lowest BCUT2D eigenvalue weighted by Crippen LogP contribution is -2.26. The summed E-state index contributed by atoms with van der Waals surface area (Å²) in [5.41, 5.74) is 5.40. The molecule has 0 spiro atoms. The Balaban J connectivity index is 2.83. The van der Waals surface area contributed by atoms with Crippen molar-refractivity contribution in [3.63, 3.8) is 0 Å². The van der Waals surface area contributed by atoms with E-state index in [4.69, 9.17) is 5.73 Å². The molecule has 4 nitrogen and oxygen atoms in total. The van der Waals surface area contributed by atoms with Gasteiger partial charge in [-0.1, -0.05) is 6.92 Å². The zero-order valence-electron chi connectivity index (χ0n) is 10.9. The molecule has 0 bridgehead atoms. The highest BCUT2D eigenvalue weighted by Crippen LogP contribution is 1.78. The van der Waals surface area contributed by atoms with Crippen molar-refractivity contribution >= 4 is 0 Å². The van der Waals surface area contributed by atoms with Crippen molar-refractivity contribution in [3.05, 3.63) is 0 Å². The maximum atomic E-state index is 5.40. The van der Waals surface area contributed by atoms with E-state index < -0.39 is 0 Å². The molecule has 0 aromatic carbocycles. The van der Waals surface area contributed by atoms with Crippen molar-refractivity contribution in [2.75, 3.05) is 45.8 Å². The first kappa shape index (κ1) is 15.8. The molecule has 4 heteroatoms. The number of hydrogen-bond donors (Lipinski definition) is 4. The van der Waals surface area contributed by atoms with Crippen LogP contribution in [-0.4, -0.2) is 45.8 Å². The van der Waals surface area contributed by atoms with Crippen LogP contribution in [0.25, 0.3) is 0 Å². The fourth-order valence-corrected chi connectivity index (χ4v) is 1.46. The highest BCUT2D eigenvalue weighted by atomic mass is 14.9. The number of hydrogen-bond acceptors (Lipinski definition) is 4. The van der Waals surface area contributed by atoms with Crippen molar-refractivity contribution in [1.82, 2.24) is 16.0 Å². The molecule has 0 aromatic heterocycles. The van der Waals surface area contributed by atoms with Gasteiger partial charge in [-0.05, 0) is 71.5 Å². The largest absolute Gasteiger partial charge is 0.330 e. The van der Waals surface area contributed by atoms with Crippen LogP contribution in [0.15, 0.2) is 0 Å². The second-order valence-electron chi connectivity index (χ2n) is 4.10. The van der Waals surface area contributed by atoms with Crippen LogP contribution in [0.2, 0.25) is 0 Å². The Hall–Kier alpha value is -0.160. The van der Waals surface area contributed by atoms with Crippen molar-refractivity contribution in [2.24, 2.45) is 5.73 Å². The van der Waals surface area contributed by atoms with Gasteiger partial charge in [0.15, 0.2) is 0 Å². The minimum atomic E-state index is 0.788. The maximum Gasteiger partial charge on any atom is -0.00368 e. The zero-order chi connectivity index (χ0) is 11.9. The minimum Gasteiger partial charge on any atom is -0.330 e. The predicted molar refractivity (Wildman–Crippen MR) is 71.8 cm³/mol. The molecule has 0 aliphatic carbocycles. The van der Waals surface area contributed by atoms with Crippen LogP contribution in [0.5, 0.6) is 0 Å². The molecule has 0 amide bonds. The van der Waals surface area contributed by atoms with Crippen molar-refractivity contribution in [2.45, 2.75) is 32.6 Å². The van der Waals surface area contributed by atoms with Crippen molar-refractivity contribution in [3.8, 4) is 0 Å². The zero-order valence-corrected chi connectivity index (χ0v) is 10.9. The quantitative estimate of drug-likeness (QED) is 0.344. The van der Waals surface area contributed by atoms with E-state index in [9.17, 15) is 0 Å². The van der Waals surface area contributed by atoms with Gasteiger partial charge in [0.05, 0.1) is 0 Å². The molecule has 0 fully saturated rings. The van der Waals surface area contributed by atoms with Crippen molar-refractivity contribution in [1.29, 1.82) is 0 Å². The van der Waals surface area contributed by atoms with Crippen LogP contribution < -0.4 is 21.7 Å². The normalized spacial score (nSPS) is 10.9. The van der Waals surface area contributed by atoms with Crippen LogP contribution >= 0.6 is 0 Å². The fraction of sp³-hybridized carbons (Fsp3) is 1.00. The lowest BCUT2D eigenvalue weighted by molar-refractivity contribution is 0.561. The Morgan fingerprint density at radius 2 is 1.12 bits per heavy atom. The van der Waals surface area contributed by atoms with Gasteiger partial charge in [0.25, 0.3) is 0 Å². The summed E-state index contributed by atoms with van der Waals surface area (Å²) in [6.07, 6.45) is 4.73. The second-order valence-corrected chi connectivity index (χ2v) is 4.10. The molecule has 0 aliphatic heterocycles. The molecule has 0 aromatic rings. The van der Waals surface area contributed by atoms with Crippen LogP contribution in [0.3, 0.4) is 0 Å². The topological polar surface area (TPSA) is 62.1 Å². The minimum absolute atomic E-state index is 0.788. The number of nitrogens with one attached hydrogen (secondary N) is 3. The van der Waals surface area contributed by atoms with E-state index in [2.05, 4.69) is 22.9 Å². The van der Waals surface area contributed by atoms with Gasteiger partial charge < -0.3 is 21.7 Å². The molecule has 16 heavy (non-hydrogen) atoms. The molecule has 0 unspecified atom stereocenters. The van der Waals surface area contributed by atoms with Crippen LogP contribution in [0, 0.1) is 0 Å². The standard InChI is InChI=1S/C12H30N4/c1-2-7-14-9-4-11-16-12-5-10-15-8-3-6-13/h14-16H,2-13H2,1H3. The molecule has 0 atom stereocenters. The summed E-state index contributed by atoms with van der Waals surface area (Å²) in [4.78, 5) is 0. The molecule has 0 radical (unpaired) electrons. The summed E-state index contributed by atoms with van der Waals surface area (Å²) >= 11 is 0. The summed E-state index contributed by atoms with van der Waals surface area (Å²) in [5, 5.41) is 10.2. The molecule has 0 saturated carbocycles. The van der Waals surface area contributed by atoms with E-state index >= 15 is 0 Å². The Labute approximate surface area is 101 Å². The third kappa shape index (κ3) is 13.8. The predicted octanol–water partition coefficient (Wildman–Crippen LogP) is 0.294. The molecular formula is C12H30N4. The first-order valence-electron chi connectivity index (χ1n) is 6.74. The third-order valence-corrected chi connectivity index (χ3v) is 2.40. The van der Waals surface area contributed by atoms with E-state index in [-0.39, 0.29) is 0 Å². The van der Waals surface area contributed by atoms with E-state index in [1.165, 1.54) is 19.3 Å². The molecule has 0 heterocycles. The van der Waals surface area contributed by atoms with Gasteiger partial charge in [-0.25, -0.2) is 0 Å². The van der Waals surface area contributed by atoms with Gasteiger partial charge in [0.2, 0.25) is 0 Å². The SMILES string of the molecule is CCCNCCCNCCCNCCCN. The summed E-state index contributed by atoms with van der Waals surface area (Å²) in [7, 11) is 0. The van der Waals surface area contributed by atoms with E-state index in [1.807, 2.05) is 0 Å². The Morgan fingerprint density at radius 1 is 0.688 bits per heavy atom. The Kier molecular flexibility index (Phi) is 14.7. The summed E-state index contributed by atoms with van der Waals surface area (Å²) in [5.74, 6) is 0. The highest BCUT2D eigenvalue weighted by Gasteiger charge is 1.90. The molecule has 5 N–H and O–H groups in total. The van der Waals surface area contributed by atoms with Gasteiger partial charge in [-0.3, -0.25) is 0 Å². The van der Waals surface area contributed by atoms with E-state index in [1.54, 1.807) is 0 Å². The van der Waals surface area contributed by atoms with Gasteiger partial charge in [0.1, 0.15) is 0 Å². The smallest absolute Gasteiger partial charge is 0.00368 e. The van der Waals surface area contributed by atoms with Gasteiger partial charge >= 0.3 is 0 Å². The van der Waals surface area contributed by atoms with Crippen LogP contribution in [-0.2, 0) is 0 Å². The first-order valence-corrected chi connectivity index (χ1v) is 6.74. The van der Waals surface area contributed by atoms with Crippen LogP contribution in [0.4, 0.5) is 0 Å². The second kappa shape index (κ2) is 14.8. The lowest BCUT2D eigenvalue weighted by atomic mass is 10.3. The monoisotopic (exact) mass is 230 g/mol. The van der Waals surface area contributed by atoms with E-state index in [0.717, 1.165) is 52.2 Å². The van der Waals surface area contributed by atoms with E-state index in [0.29, 0.717) is 0 Å². The third-order valence-electron chi connectivity index (χ3n) is 2.40. The molecular weight excluding hydrogens is 200 g/mol. The summed E-state index contributed by atoms with van der Waals surface area (Å²) in [6, 6.07) is 0. The van der Waals surface area contributed by atoms with Gasteiger partial charge in [-0.2, -0.15) is 0 Å². The number of nitrogens with two attached hydrogens (primary N) is 1. The Bertz CT molecular complexity index is 106. The fourth-order valence-electron chi connectivity index (χ4n) is 1.46. The lowest BCUT2D eigenvalue weighted by Gasteiger charge is -2.06. The van der Waals surface area contributed by atoms with Crippen LogP contribution in [0.1, 0.15) is 32.6 Å². The molecule has 0 rings (SSSR count). The molecule has 0 aliphatic rings. The average Bonchev–Trinajstić information content (AvgIpc) is 2.31. The van der Waals surface area contributed by atoms with Crippen molar-refractivity contribution < 1.29 is 0 Å². The highest BCUT2D eigenvalue weighted by molar-refractivity contribution is 4.54. The number of rotatable bonds is 13. The first-order chi connectivity index (χ1) is 7.91. The van der Waals surface area contributed by atoms with Gasteiger partial charge in [-0.15, -0.1) is 0 Å². The maximum absolute atomic E-state index is 5.40. The molecule has 98 valence electrons. The van der Waals surface area contributed by atoms with Gasteiger partial charge in [0, 0.05) is 0 Å². The summed E-state index contributed by atoms with van der Waals surface area (Å²) in [6.45, 7) is 9.65. The average molecular weight is 230 g/mol. The Morgan fingerprint density at radius 3 is 1.56 bits per heavy atom. The summed E-state index contributed by atoms with van der Waals surface area (Å²) < 4.78 is 0. The molecule has 0 saturated heterocycles.